The van der Waals surface area contributed by atoms with Gasteiger partial charge in [0, 0.05) is 6.54 Å². The van der Waals surface area contributed by atoms with E-state index in [1.54, 1.807) is 12.1 Å². The van der Waals surface area contributed by atoms with E-state index in [1.807, 2.05) is 6.07 Å². The zero-order chi connectivity index (χ0) is 13.0. The van der Waals surface area contributed by atoms with Crippen LogP contribution in [0.5, 0.6) is 0 Å². The first-order chi connectivity index (χ1) is 8.62. The Labute approximate surface area is 108 Å². The molecular weight excluding hydrogens is 248 g/mol. The molecule has 1 aromatic rings. The van der Waals surface area contributed by atoms with Crippen LogP contribution in [0.4, 0.5) is 0 Å². The molecule has 18 heavy (non-hydrogen) atoms. The molecule has 0 spiro atoms. The molecule has 1 fully saturated rings. The Morgan fingerprint density at radius 2 is 2.17 bits per heavy atom. The molecule has 0 amide bonds. The minimum atomic E-state index is -3.28. The maximum Gasteiger partial charge on any atom is 0.179 e. The second kappa shape index (κ2) is 5.51. The lowest BCUT2D eigenvalue weighted by Crippen LogP contribution is -2.24. The molecule has 0 bridgehead atoms. The van der Waals surface area contributed by atoms with Crippen molar-refractivity contribution in [2.75, 3.05) is 18.8 Å². The Bertz CT molecular complexity index is 557. The maximum absolute atomic E-state index is 12.0. The molecule has 1 aromatic carbocycles. The van der Waals surface area contributed by atoms with Crippen molar-refractivity contribution in [2.45, 2.75) is 17.7 Å². The summed E-state index contributed by atoms with van der Waals surface area (Å²) in [5, 5.41) is 11.9. The first kappa shape index (κ1) is 13.1. The summed E-state index contributed by atoms with van der Waals surface area (Å²) in [6.07, 6.45) is 2.51. The van der Waals surface area contributed by atoms with Gasteiger partial charge in [-0.25, -0.2) is 8.42 Å². The van der Waals surface area contributed by atoms with Gasteiger partial charge in [-0.05, 0) is 43.5 Å². The van der Waals surface area contributed by atoms with E-state index in [0.29, 0.717) is 12.1 Å². The van der Waals surface area contributed by atoms with E-state index in [4.69, 9.17) is 5.26 Å². The second-order valence-corrected chi connectivity index (χ2v) is 6.72. The van der Waals surface area contributed by atoms with E-state index in [-0.39, 0.29) is 10.6 Å². The summed E-state index contributed by atoms with van der Waals surface area (Å²) in [6.45, 7) is 1.38. The van der Waals surface area contributed by atoms with Crippen molar-refractivity contribution in [1.29, 1.82) is 5.26 Å². The zero-order valence-electron chi connectivity index (χ0n) is 10.1. The predicted molar refractivity (Wildman–Crippen MR) is 68.8 cm³/mol. The topological polar surface area (TPSA) is 70.0 Å². The number of benzene rings is 1. The number of nitriles is 1. The van der Waals surface area contributed by atoms with Crippen molar-refractivity contribution < 1.29 is 8.42 Å². The third kappa shape index (κ3) is 3.56. The highest BCUT2D eigenvalue weighted by Gasteiger charge is 2.21. The molecule has 0 aliphatic heterocycles. The summed E-state index contributed by atoms with van der Waals surface area (Å²) in [6, 6.07) is 8.12. The van der Waals surface area contributed by atoms with E-state index >= 15 is 0 Å². The Morgan fingerprint density at radius 1 is 1.39 bits per heavy atom. The van der Waals surface area contributed by atoms with Crippen LogP contribution >= 0.6 is 0 Å². The molecule has 0 heterocycles. The standard InChI is InChI=1S/C13H16N2O2S/c14-9-12-2-1-3-13(8-12)18(16,17)7-6-15-10-11-4-5-11/h1-3,8,11,15H,4-7,10H2. The predicted octanol–water partition coefficient (Wildman–Crippen LogP) is 1.33. The summed E-state index contributed by atoms with van der Waals surface area (Å²) in [4.78, 5) is 0.231. The lowest BCUT2D eigenvalue weighted by Gasteiger charge is -2.06. The molecule has 1 aliphatic carbocycles. The molecule has 96 valence electrons. The van der Waals surface area contributed by atoms with E-state index < -0.39 is 9.84 Å². The van der Waals surface area contributed by atoms with E-state index in [9.17, 15) is 8.42 Å². The van der Waals surface area contributed by atoms with Crippen molar-refractivity contribution in [3.63, 3.8) is 0 Å². The van der Waals surface area contributed by atoms with Crippen LogP contribution in [0, 0.1) is 17.2 Å². The minimum absolute atomic E-state index is 0.0780. The molecule has 1 N–H and O–H groups in total. The van der Waals surface area contributed by atoms with Gasteiger partial charge in [-0.1, -0.05) is 6.07 Å². The normalized spacial score (nSPS) is 15.3. The third-order valence-electron chi connectivity index (χ3n) is 3.00. The Hall–Kier alpha value is -1.38. The molecule has 1 saturated carbocycles. The van der Waals surface area contributed by atoms with Gasteiger partial charge in [-0.15, -0.1) is 0 Å². The van der Waals surface area contributed by atoms with Gasteiger partial charge in [0.2, 0.25) is 0 Å². The van der Waals surface area contributed by atoms with Gasteiger partial charge in [-0.3, -0.25) is 0 Å². The van der Waals surface area contributed by atoms with Crippen LogP contribution in [-0.2, 0) is 9.84 Å². The van der Waals surface area contributed by atoms with Gasteiger partial charge >= 0.3 is 0 Å². The Morgan fingerprint density at radius 3 is 2.83 bits per heavy atom. The SMILES string of the molecule is N#Cc1cccc(S(=O)(=O)CCNCC2CC2)c1. The van der Waals surface area contributed by atoms with E-state index in [0.717, 1.165) is 12.5 Å². The summed E-state index contributed by atoms with van der Waals surface area (Å²) in [7, 11) is -3.28. The second-order valence-electron chi connectivity index (χ2n) is 4.61. The molecule has 5 heteroatoms. The van der Waals surface area contributed by atoms with Gasteiger partial charge in [0.1, 0.15) is 0 Å². The van der Waals surface area contributed by atoms with E-state index in [2.05, 4.69) is 5.32 Å². The molecule has 2 rings (SSSR count). The summed E-state index contributed by atoms with van der Waals surface area (Å²) in [5.41, 5.74) is 0.377. The molecular formula is C13H16N2O2S. The lowest BCUT2D eigenvalue weighted by atomic mass is 10.2. The third-order valence-corrected chi connectivity index (χ3v) is 4.71. The van der Waals surface area contributed by atoms with Crippen LogP contribution in [0.1, 0.15) is 18.4 Å². The first-order valence-corrected chi connectivity index (χ1v) is 7.71. The summed E-state index contributed by atoms with van der Waals surface area (Å²) in [5.74, 6) is 0.823. The fourth-order valence-corrected chi connectivity index (χ4v) is 2.95. The molecule has 0 radical (unpaired) electrons. The van der Waals surface area contributed by atoms with Crippen LogP contribution in [0.2, 0.25) is 0 Å². The van der Waals surface area contributed by atoms with Gasteiger partial charge in [0.05, 0.1) is 22.3 Å². The van der Waals surface area contributed by atoms with Crippen molar-refractivity contribution in [2.24, 2.45) is 5.92 Å². The molecule has 0 atom stereocenters. The quantitative estimate of drug-likeness (QED) is 0.787. The number of nitrogens with zero attached hydrogens (tertiary/aromatic N) is 1. The maximum atomic E-state index is 12.0. The monoisotopic (exact) mass is 264 g/mol. The van der Waals surface area contributed by atoms with Crippen molar-refractivity contribution in [3.05, 3.63) is 29.8 Å². The molecule has 1 aliphatic rings. The first-order valence-electron chi connectivity index (χ1n) is 6.05. The highest BCUT2D eigenvalue weighted by Crippen LogP contribution is 2.27. The van der Waals surface area contributed by atoms with Crippen molar-refractivity contribution >= 4 is 9.84 Å². The van der Waals surface area contributed by atoms with Crippen LogP contribution in [-0.4, -0.2) is 27.3 Å². The average molecular weight is 264 g/mol. The smallest absolute Gasteiger partial charge is 0.179 e. The van der Waals surface area contributed by atoms with Crippen LogP contribution in [0.25, 0.3) is 0 Å². The largest absolute Gasteiger partial charge is 0.315 e. The number of sulfone groups is 1. The highest BCUT2D eigenvalue weighted by atomic mass is 32.2. The number of hydrogen-bond acceptors (Lipinski definition) is 4. The van der Waals surface area contributed by atoms with E-state index in [1.165, 1.54) is 25.0 Å². The van der Waals surface area contributed by atoms with Gasteiger partial charge in [0.15, 0.2) is 9.84 Å². The van der Waals surface area contributed by atoms with Crippen LogP contribution in [0.3, 0.4) is 0 Å². The summed E-state index contributed by atoms with van der Waals surface area (Å²) >= 11 is 0. The molecule has 0 aromatic heterocycles. The molecule has 0 unspecified atom stereocenters. The Kier molecular flexibility index (Phi) is 4.00. The number of rotatable bonds is 6. The zero-order valence-corrected chi connectivity index (χ0v) is 10.9. The van der Waals surface area contributed by atoms with Gasteiger partial charge in [0.25, 0.3) is 0 Å². The average Bonchev–Trinajstić information content (AvgIpc) is 3.19. The van der Waals surface area contributed by atoms with Crippen molar-refractivity contribution in [1.82, 2.24) is 5.32 Å². The fourth-order valence-electron chi connectivity index (χ4n) is 1.71. The van der Waals surface area contributed by atoms with Gasteiger partial charge < -0.3 is 5.32 Å². The van der Waals surface area contributed by atoms with Crippen LogP contribution in [0.15, 0.2) is 29.2 Å². The highest BCUT2D eigenvalue weighted by molar-refractivity contribution is 7.91. The van der Waals surface area contributed by atoms with Crippen LogP contribution < -0.4 is 5.32 Å². The fraction of sp³-hybridized carbons (Fsp3) is 0.462. The number of nitrogens with one attached hydrogen (secondary N) is 1. The summed E-state index contributed by atoms with van der Waals surface area (Å²) < 4.78 is 24.0. The lowest BCUT2D eigenvalue weighted by molar-refractivity contribution is 0.588. The molecule has 0 saturated heterocycles. The molecule has 4 nitrogen and oxygen atoms in total. The Balaban J connectivity index is 1.93. The minimum Gasteiger partial charge on any atom is -0.315 e. The number of hydrogen-bond donors (Lipinski definition) is 1. The van der Waals surface area contributed by atoms with Crippen molar-refractivity contribution in [3.8, 4) is 6.07 Å². The van der Waals surface area contributed by atoms with Gasteiger partial charge in [-0.2, -0.15) is 5.26 Å².